The van der Waals surface area contributed by atoms with Crippen LogP contribution >= 0.6 is 11.8 Å². The highest BCUT2D eigenvalue weighted by atomic mass is 32.2. The summed E-state index contributed by atoms with van der Waals surface area (Å²) in [5, 5.41) is -2.11. The zero-order valence-electron chi connectivity index (χ0n) is 41.0. The number of rotatable bonds is 12. The zero-order chi connectivity index (χ0) is 49.1. The van der Waals surface area contributed by atoms with Gasteiger partial charge < -0.3 is 19.1 Å². The molecule has 6 rings (SSSR count). The van der Waals surface area contributed by atoms with Gasteiger partial charge in [0.1, 0.15) is 6.50 Å². The number of para-hydroxylation sites is 1. The molecule has 2 heterocycles. The Labute approximate surface area is 322 Å². The average molecular weight is 750 g/mol. The van der Waals surface area contributed by atoms with Crippen LogP contribution in [0.5, 0.6) is 0 Å². The first kappa shape index (κ1) is 23.2. The van der Waals surface area contributed by atoms with Crippen molar-refractivity contribution in [1.29, 1.82) is 0 Å². The maximum atomic E-state index is 15.3. The number of amides is 1. The first-order valence-corrected chi connectivity index (χ1v) is 16.6. The molecule has 0 atom stereocenters. The third-order valence-electron chi connectivity index (χ3n) is 8.29. The first-order chi connectivity index (χ1) is 30.5. The van der Waals surface area contributed by atoms with E-state index in [1.807, 2.05) is 0 Å². The minimum Gasteiger partial charge on any atom is -0.383 e. The second-order valence-corrected chi connectivity index (χ2v) is 12.4. The predicted octanol–water partition coefficient (Wildman–Crippen LogP) is 8.40. The lowest BCUT2D eigenvalue weighted by atomic mass is 10.00. The molecule has 1 fully saturated rings. The van der Waals surface area contributed by atoms with Crippen LogP contribution in [0.15, 0.2) is 107 Å². The van der Waals surface area contributed by atoms with Crippen molar-refractivity contribution in [2.24, 2.45) is 0 Å². The molecule has 1 saturated heterocycles. The number of alkyl halides is 3. The Kier molecular flexibility index (Phi) is 7.34. The van der Waals surface area contributed by atoms with Crippen molar-refractivity contribution in [3.8, 4) is 11.1 Å². The number of benzene rings is 4. The highest BCUT2D eigenvalue weighted by molar-refractivity contribution is 7.98. The summed E-state index contributed by atoms with van der Waals surface area (Å²) < 4.78 is 195. The summed E-state index contributed by atoms with van der Waals surface area (Å²) in [5.74, 6) is -4.96. The molecule has 1 amide bonds. The average Bonchev–Trinajstić information content (AvgIpc) is 3.24. The third-order valence-corrected chi connectivity index (χ3v) is 9.09. The molecule has 12 heteroatoms. The summed E-state index contributed by atoms with van der Waals surface area (Å²) in [6.45, 7) is -6.79. The number of fused-ring (bicyclic) bond motifs is 1. The monoisotopic (exact) mass is 749 g/mol. The van der Waals surface area contributed by atoms with Crippen LogP contribution < -0.4 is 5.43 Å². The molecule has 1 aromatic heterocycles. The molecular formula is C40H38F5N3O3S. The van der Waals surface area contributed by atoms with E-state index < -0.39 is 118 Å². The van der Waals surface area contributed by atoms with Crippen LogP contribution in [0.4, 0.5) is 22.0 Å². The van der Waals surface area contributed by atoms with Gasteiger partial charge in [0.2, 0.25) is 5.91 Å². The van der Waals surface area contributed by atoms with Gasteiger partial charge in [-0.25, -0.2) is 8.78 Å². The van der Waals surface area contributed by atoms with Gasteiger partial charge in [-0.3, -0.25) is 9.59 Å². The highest BCUT2D eigenvalue weighted by Gasteiger charge is 2.31. The third kappa shape index (κ3) is 8.74. The largest absolute Gasteiger partial charge is 0.416 e. The van der Waals surface area contributed by atoms with Crippen LogP contribution in [0.1, 0.15) is 48.7 Å². The Hall–Kier alpha value is -4.52. The molecule has 272 valence electrons. The van der Waals surface area contributed by atoms with E-state index in [9.17, 15) is 27.8 Å². The summed E-state index contributed by atoms with van der Waals surface area (Å²) in [7, 11) is -2.69. The van der Waals surface area contributed by atoms with Crippen LogP contribution in [0, 0.1) is 11.6 Å². The van der Waals surface area contributed by atoms with Crippen molar-refractivity contribution in [1.82, 2.24) is 14.4 Å². The van der Waals surface area contributed by atoms with E-state index in [1.165, 1.54) is 36.4 Å². The molecule has 0 N–H and O–H groups in total. The minimum absolute atomic E-state index is 0.0800. The van der Waals surface area contributed by atoms with Gasteiger partial charge in [-0.2, -0.15) is 13.2 Å². The molecule has 6 nitrogen and oxygen atoms in total. The number of carbonyl (C=O) groups is 1. The minimum atomic E-state index is -4.62. The Balaban J connectivity index is 1.53. The SMILES string of the molecule is [2H]c1c([2H])c([2H])c2c(c1[2H])c(=O)c([2H])c(SC([2H])([2H])c1cccc(F)c1F)n2C([2H])([2H])C(=O)N(C1CCN(CCOC([2H])([2H])[2H])CC1)C([2H])([2H])c1ccc(-c2ccc(C(F)(F)F)cc2)cc1. The van der Waals surface area contributed by atoms with Crippen molar-refractivity contribution < 1.29 is 50.7 Å². The lowest BCUT2D eigenvalue weighted by molar-refractivity contribution is -0.137. The number of halogens is 5. The van der Waals surface area contributed by atoms with Crippen LogP contribution in [-0.2, 0) is 34.4 Å². The molecule has 52 heavy (non-hydrogen) atoms. The first-order valence-electron chi connectivity index (χ1n) is 22.8. The van der Waals surface area contributed by atoms with E-state index >= 15 is 9.18 Å². The van der Waals surface area contributed by atoms with Crippen LogP contribution in [-0.4, -0.2) is 59.6 Å². The number of aromatic nitrogens is 1. The summed E-state index contributed by atoms with van der Waals surface area (Å²) in [6, 6.07) is 4.90. The number of nitrogens with zero attached hydrogens (tertiary/aromatic N) is 3. The molecular weight excluding hydrogens is 698 g/mol. The molecule has 1 aliphatic heterocycles. The lowest BCUT2D eigenvalue weighted by Crippen LogP contribution is -2.48. The molecule has 1 aliphatic rings. The smallest absolute Gasteiger partial charge is 0.383 e. The van der Waals surface area contributed by atoms with Gasteiger partial charge in [0.15, 0.2) is 17.1 Å². The number of piperidine rings is 1. The van der Waals surface area contributed by atoms with Crippen molar-refractivity contribution in [2.45, 2.75) is 48.8 Å². The maximum absolute atomic E-state index is 15.3. The van der Waals surface area contributed by atoms with Gasteiger partial charge in [-0.15, -0.1) is 11.8 Å². The molecule has 0 unspecified atom stereocenters. The predicted molar refractivity (Wildman–Crippen MR) is 193 cm³/mol. The molecule has 4 aromatic carbocycles. The van der Waals surface area contributed by atoms with Gasteiger partial charge in [0.25, 0.3) is 0 Å². The van der Waals surface area contributed by atoms with Crippen molar-refractivity contribution in [3.63, 3.8) is 0 Å². The molecule has 0 bridgehead atoms. The Morgan fingerprint density at radius 2 is 1.71 bits per heavy atom. The maximum Gasteiger partial charge on any atom is 0.416 e. The summed E-state index contributed by atoms with van der Waals surface area (Å²) in [5.41, 5.74) is -7.25. The fourth-order valence-corrected chi connectivity index (χ4v) is 6.32. The van der Waals surface area contributed by atoms with Crippen LogP contribution in [0.25, 0.3) is 22.0 Å². The van der Waals surface area contributed by atoms with E-state index in [4.69, 9.17) is 18.4 Å². The van der Waals surface area contributed by atoms with E-state index in [0.29, 0.717) is 22.1 Å². The molecule has 0 saturated carbocycles. The number of hydrogen-bond acceptors (Lipinski definition) is 5. The van der Waals surface area contributed by atoms with Gasteiger partial charge in [0, 0.05) is 64.6 Å². The lowest BCUT2D eigenvalue weighted by Gasteiger charge is -2.39. The standard InChI is InChI=1S/C40H38F5N3O3S/c1-51-22-21-46-19-17-32(18-20-46)47(24-27-9-11-28(12-10-27)29-13-15-31(16-14-29)40(43,44)45)37(50)25-48-35-8-3-2-6-33(35)36(49)23-38(48)52-26-30-5-4-7-34(41)39(30)42/h2-16,23,32H,17-22,24-26H2,1H3/i1D3,2D,3D,6D,8D,23D,24D2,25D2,26D2. The zero-order valence-corrected chi connectivity index (χ0v) is 27.9. The molecule has 0 radical (unpaired) electrons. The Morgan fingerprint density at radius 3 is 2.40 bits per heavy atom. The van der Waals surface area contributed by atoms with Gasteiger partial charge in [0.05, 0.1) is 39.2 Å². The van der Waals surface area contributed by atoms with E-state index in [2.05, 4.69) is 0 Å². The molecule has 0 aliphatic carbocycles. The number of carbonyl (C=O) groups excluding carboxylic acids is 1. The van der Waals surface area contributed by atoms with E-state index in [-0.39, 0.29) is 61.0 Å². The Morgan fingerprint density at radius 1 is 1.02 bits per heavy atom. The highest BCUT2D eigenvalue weighted by Crippen LogP contribution is 2.32. The number of thioether (sulfide) groups is 1. The number of methoxy groups -OCH3 is 1. The van der Waals surface area contributed by atoms with Gasteiger partial charge in [-0.1, -0.05) is 60.6 Å². The molecule has 5 aromatic rings. The Bertz CT molecular complexity index is 2720. The number of hydrogen-bond donors (Lipinski definition) is 0. The molecule has 0 spiro atoms. The fraction of sp³-hybridized carbons (Fsp3) is 0.300. The normalized spacial score (nSPS) is 19.2. The van der Waals surface area contributed by atoms with Crippen molar-refractivity contribution in [3.05, 3.63) is 135 Å². The quantitative estimate of drug-likeness (QED) is 0.0948. The summed E-state index contributed by atoms with van der Waals surface area (Å²) in [4.78, 5) is 31.4. The fourth-order valence-electron chi connectivity index (χ4n) is 5.58. The number of ether oxygens (including phenoxy) is 1. The van der Waals surface area contributed by atoms with Gasteiger partial charge >= 0.3 is 6.18 Å². The van der Waals surface area contributed by atoms with Crippen LogP contribution in [0.3, 0.4) is 0 Å². The van der Waals surface area contributed by atoms with Crippen molar-refractivity contribution in [2.75, 3.05) is 33.3 Å². The van der Waals surface area contributed by atoms with E-state index in [1.54, 1.807) is 4.90 Å². The number of likely N-dealkylation sites (tertiary alicyclic amines) is 1. The number of pyridine rings is 1. The van der Waals surface area contributed by atoms with Crippen LogP contribution in [0.2, 0.25) is 0 Å². The van der Waals surface area contributed by atoms with E-state index in [0.717, 1.165) is 24.3 Å². The summed E-state index contributed by atoms with van der Waals surface area (Å²) >= 11 is -0.241. The second-order valence-electron chi connectivity index (χ2n) is 11.6. The van der Waals surface area contributed by atoms with Gasteiger partial charge in [-0.05, 0) is 59.8 Å². The van der Waals surface area contributed by atoms with Crippen molar-refractivity contribution >= 4 is 28.6 Å². The topological polar surface area (TPSA) is 54.8 Å². The summed E-state index contributed by atoms with van der Waals surface area (Å²) in [6.07, 6.45) is -4.79. The second kappa shape index (κ2) is 16.4.